The molecule has 2 aliphatic heterocycles. The van der Waals surface area contributed by atoms with Gasteiger partial charge in [-0.15, -0.1) is 5.10 Å². The Hall–Kier alpha value is -4.11. The summed E-state index contributed by atoms with van der Waals surface area (Å²) in [5.41, 5.74) is 12.5. The van der Waals surface area contributed by atoms with Crippen LogP contribution in [0, 0.1) is 12.8 Å². The number of benzene rings is 2. The number of rotatable bonds is 4. The molecule has 0 radical (unpaired) electrons. The lowest BCUT2D eigenvalue weighted by Gasteiger charge is -2.20. The minimum Gasteiger partial charge on any atom is -0.399 e. The molecule has 2 aromatic heterocycles. The lowest BCUT2D eigenvalue weighted by molar-refractivity contribution is 0.579. The molecule has 0 spiro atoms. The Labute approximate surface area is 215 Å². The third-order valence-corrected chi connectivity index (χ3v) is 7.91. The second-order valence-electron chi connectivity index (χ2n) is 9.86. The zero-order valence-electron chi connectivity index (χ0n) is 19.8. The average molecular weight is 514 g/mol. The van der Waals surface area contributed by atoms with Crippen molar-refractivity contribution in [3.8, 4) is 16.8 Å². The molecule has 1 aliphatic carbocycles. The maximum atomic E-state index is 15.1. The van der Waals surface area contributed by atoms with E-state index in [2.05, 4.69) is 20.5 Å². The minimum atomic E-state index is -0.487. The summed E-state index contributed by atoms with van der Waals surface area (Å²) >= 11 is 6.32. The first-order valence-electron chi connectivity index (χ1n) is 12.0. The molecule has 0 amide bonds. The number of nitrogen functional groups attached to an aromatic ring is 1. The highest BCUT2D eigenvalue weighted by atomic mass is 35.5. The van der Waals surface area contributed by atoms with E-state index >= 15 is 4.39 Å². The van der Waals surface area contributed by atoms with Gasteiger partial charge in [0.2, 0.25) is 5.95 Å². The predicted octanol–water partition coefficient (Wildman–Crippen LogP) is 4.88. The van der Waals surface area contributed by atoms with Gasteiger partial charge in [0.15, 0.2) is 0 Å². The molecule has 0 saturated heterocycles. The molecule has 4 aromatic rings. The number of hydrogen-bond acceptors (Lipinski definition) is 6. The average Bonchev–Trinajstić information content (AvgIpc) is 3.19. The molecule has 0 bridgehead atoms. The van der Waals surface area contributed by atoms with Gasteiger partial charge < -0.3 is 10.3 Å². The van der Waals surface area contributed by atoms with Gasteiger partial charge >= 0.3 is 0 Å². The number of aromatic nitrogens is 5. The molecular formula is C27H21ClFN7O. The van der Waals surface area contributed by atoms with Crippen LogP contribution in [0.5, 0.6) is 0 Å². The molecule has 7 rings (SSSR count). The van der Waals surface area contributed by atoms with E-state index in [9.17, 15) is 4.79 Å². The van der Waals surface area contributed by atoms with Gasteiger partial charge in [0, 0.05) is 51.7 Å². The lowest BCUT2D eigenvalue weighted by Crippen LogP contribution is -2.29. The third-order valence-electron chi connectivity index (χ3n) is 7.68. The summed E-state index contributed by atoms with van der Waals surface area (Å²) in [6.45, 7) is 1.90. The molecule has 10 heteroatoms. The summed E-state index contributed by atoms with van der Waals surface area (Å²) in [5.74, 6) is -0.0123. The van der Waals surface area contributed by atoms with Crippen molar-refractivity contribution in [2.45, 2.75) is 31.7 Å². The van der Waals surface area contributed by atoms with E-state index in [-0.39, 0.29) is 23.4 Å². The fraction of sp³-hybridized carbons (Fsp3) is 0.222. The highest BCUT2D eigenvalue weighted by Crippen LogP contribution is 2.60. The third kappa shape index (κ3) is 3.45. The van der Waals surface area contributed by atoms with Crippen molar-refractivity contribution < 1.29 is 4.39 Å². The first-order chi connectivity index (χ1) is 17.9. The Kier molecular flexibility index (Phi) is 4.75. The number of fused-ring (bicyclic) bond motifs is 3. The molecule has 2 N–H and O–H groups in total. The molecule has 1 saturated carbocycles. The zero-order chi connectivity index (χ0) is 25.4. The van der Waals surface area contributed by atoms with Crippen LogP contribution in [-0.4, -0.2) is 30.5 Å². The second-order valence-corrected chi connectivity index (χ2v) is 10.3. The summed E-state index contributed by atoms with van der Waals surface area (Å²) in [6, 6.07) is 14.3. The number of anilines is 1. The van der Waals surface area contributed by atoms with Gasteiger partial charge in [0.25, 0.3) is 5.56 Å². The highest BCUT2D eigenvalue weighted by Gasteiger charge is 2.55. The van der Waals surface area contributed by atoms with Crippen LogP contribution in [0.2, 0.25) is 5.02 Å². The molecule has 1 fully saturated rings. The van der Waals surface area contributed by atoms with E-state index < -0.39 is 5.95 Å². The summed E-state index contributed by atoms with van der Waals surface area (Å²) in [6.07, 6.45) is 2.81. The number of allylic oxidation sites excluding steroid dienone is 1. The van der Waals surface area contributed by atoms with Crippen LogP contribution in [0.15, 0.2) is 70.6 Å². The Morgan fingerprint density at radius 3 is 2.76 bits per heavy atom. The Morgan fingerprint density at radius 1 is 1.11 bits per heavy atom. The van der Waals surface area contributed by atoms with Crippen molar-refractivity contribution in [2.75, 3.05) is 5.73 Å². The molecule has 3 atom stereocenters. The topological polar surface area (TPSA) is 104 Å². The number of nitrogens with two attached hydrogens (primary N) is 1. The van der Waals surface area contributed by atoms with Gasteiger partial charge in [0.1, 0.15) is 6.33 Å². The maximum absolute atomic E-state index is 15.1. The van der Waals surface area contributed by atoms with Crippen LogP contribution in [-0.2, 0) is 0 Å². The Bertz CT molecular complexity index is 1720. The molecule has 184 valence electrons. The molecule has 37 heavy (non-hydrogen) atoms. The summed E-state index contributed by atoms with van der Waals surface area (Å²) < 4.78 is 18.4. The first kappa shape index (κ1) is 22.1. The highest BCUT2D eigenvalue weighted by molar-refractivity contribution is 6.31. The molecule has 4 heterocycles. The van der Waals surface area contributed by atoms with Crippen LogP contribution >= 0.6 is 11.6 Å². The van der Waals surface area contributed by atoms with Crippen LogP contribution in [0.4, 0.5) is 10.1 Å². The number of aryl methyl sites for hydroxylation is 1. The monoisotopic (exact) mass is 513 g/mol. The fourth-order valence-electron chi connectivity index (χ4n) is 5.78. The van der Waals surface area contributed by atoms with Crippen molar-refractivity contribution in [1.29, 1.82) is 0 Å². The van der Waals surface area contributed by atoms with Gasteiger partial charge in [-0.3, -0.25) is 4.79 Å². The van der Waals surface area contributed by atoms with Crippen LogP contribution in [0.25, 0.3) is 22.4 Å². The number of hydrogen-bond donors (Lipinski definition) is 1. The molecule has 3 unspecified atom stereocenters. The number of nitrogens with zero attached hydrogens (tertiary/aromatic N) is 6. The smallest absolute Gasteiger partial charge is 0.251 e. The SMILES string of the molecule is Cc1cc(C2=C(F)N=C(C3C4CC4c4cc(-c5cc(Cl)ccc5-n5cnnn5)cc(=O)n43)C2)ccc1N. The van der Waals surface area contributed by atoms with Gasteiger partial charge in [-0.1, -0.05) is 17.7 Å². The maximum Gasteiger partial charge on any atom is 0.251 e. The molecular weight excluding hydrogens is 493 g/mol. The van der Waals surface area contributed by atoms with Crippen molar-refractivity contribution in [2.24, 2.45) is 10.9 Å². The summed E-state index contributed by atoms with van der Waals surface area (Å²) in [7, 11) is 0. The lowest BCUT2D eigenvalue weighted by atomic mass is 9.96. The van der Waals surface area contributed by atoms with Crippen LogP contribution in [0.1, 0.15) is 41.6 Å². The number of pyridine rings is 1. The van der Waals surface area contributed by atoms with E-state index in [4.69, 9.17) is 17.3 Å². The largest absolute Gasteiger partial charge is 0.399 e. The zero-order valence-corrected chi connectivity index (χ0v) is 20.5. The summed E-state index contributed by atoms with van der Waals surface area (Å²) in [5, 5.41) is 12.0. The van der Waals surface area contributed by atoms with E-state index in [0.717, 1.165) is 40.1 Å². The summed E-state index contributed by atoms with van der Waals surface area (Å²) in [4.78, 5) is 17.9. The van der Waals surface area contributed by atoms with E-state index in [1.54, 1.807) is 27.4 Å². The number of aliphatic imine (C=N–C) groups is 1. The van der Waals surface area contributed by atoms with E-state index in [0.29, 0.717) is 28.4 Å². The van der Waals surface area contributed by atoms with Crippen molar-refractivity contribution >= 4 is 28.6 Å². The first-order valence-corrected chi connectivity index (χ1v) is 12.4. The van der Waals surface area contributed by atoms with E-state index in [1.807, 2.05) is 37.3 Å². The van der Waals surface area contributed by atoms with Gasteiger partial charge in [-0.25, -0.2) is 4.99 Å². The number of tetrazole rings is 1. The fourth-order valence-corrected chi connectivity index (χ4v) is 5.96. The quantitative estimate of drug-likeness (QED) is 0.309. The Balaban J connectivity index is 1.26. The normalized spacial score (nSPS) is 21.7. The minimum absolute atomic E-state index is 0.146. The van der Waals surface area contributed by atoms with Crippen molar-refractivity contribution in [1.82, 2.24) is 24.8 Å². The number of halogens is 2. The Morgan fingerprint density at radius 2 is 1.97 bits per heavy atom. The molecule has 3 aliphatic rings. The van der Waals surface area contributed by atoms with Crippen LogP contribution in [0.3, 0.4) is 0 Å². The van der Waals surface area contributed by atoms with Gasteiger partial charge in [-0.05, 0) is 82.8 Å². The molecule has 8 nitrogen and oxygen atoms in total. The van der Waals surface area contributed by atoms with Gasteiger partial charge in [-0.2, -0.15) is 9.07 Å². The standard InChI is InChI=1S/C27H21ClFN7O/c1-13-6-14(2-4-21(13)30)18-11-22(32-27(18)29)26-20-10-19(20)24-7-15(8-25(37)36(24)26)17-9-16(28)3-5-23(17)35-12-31-33-34-35/h2-9,12,19-20,26H,10-11,30H2,1H3. The van der Waals surface area contributed by atoms with Crippen molar-refractivity contribution in [3.05, 3.63) is 93.0 Å². The van der Waals surface area contributed by atoms with Gasteiger partial charge in [0.05, 0.1) is 11.7 Å². The second kappa shape index (κ2) is 7.94. The van der Waals surface area contributed by atoms with Crippen molar-refractivity contribution in [3.63, 3.8) is 0 Å². The molecule has 2 aromatic carbocycles. The van der Waals surface area contributed by atoms with E-state index in [1.165, 1.54) is 6.33 Å². The van der Waals surface area contributed by atoms with Crippen LogP contribution < -0.4 is 11.3 Å². The predicted molar refractivity (Wildman–Crippen MR) is 139 cm³/mol.